The first kappa shape index (κ1) is 20.9. The molecule has 0 saturated heterocycles. The highest BCUT2D eigenvalue weighted by molar-refractivity contribution is 6.27. The van der Waals surface area contributed by atoms with Crippen LogP contribution < -0.4 is 10.6 Å². The molecule has 0 saturated carbocycles. The summed E-state index contributed by atoms with van der Waals surface area (Å²) in [5.74, 6) is 1.04. The number of carbonyl (C=O) groups is 1. The molecular weight excluding hydrogens is 410 g/mol. The van der Waals surface area contributed by atoms with E-state index in [1.165, 1.54) is 0 Å². The maximum atomic E-state index is 13.1. The smallest absolute Gasteiger partial charge is 0.251 e. The van der Waals surface area contributed by atoms with Crippen molar-refractivity contribution in [1.82, 2.24) is 20.6 Å². The van der Waals surface area contributed by atoms with E-state index in [1.54, 1.807) is 0 Å². The van der Waals surface area contributed by atoms with Crippen molar-refractivity contribution >= 4 is 45.1 Å². The van der Waals surface area contributed by atoms with Crippen molar-refractivity contribution in [1.29, 1.82) is 5.41 Å². The minimum Gasteiger partial charge on any atom is -0.373 e. The molecule has 0 radical (unpaired) electrons. The summed E-state index contributed by atoms with van der Waals surface area (Å²) in [6.07, 6.45) is 1.42. The molecule has 6 nitrogen and oxygen atoms in total. The number of para-hydroxylation sites is 2. The van der Waals surface area contributed by atoms with Crippen LogP contribution in [0, 0.1) is 5.41 Å². The van der Waals surface area contributed by atoms with Gasteiger partial charge in [0.25, 0.3) is 5.91 Å². The zero-order valence-electron chi connectivity index (χ0n) is 17.0. The summed E-state index contributed by atoms with van der Waals surface area (Å²) >= 11 is 5.65. The van der Waals surface area contributed by atoms with Crippen molar-refractivity contribution in [3.05, 3.63) is 78.1 Å². The SMILES string of the molecule is N=C(CCl)NCCC[C@H](NC(=O)c1ccc2ccccc2c1)c1nc2ccccc2[nH]1. The minimum absolute atomic E-state index is 0.141. The van der Waals surface area contributed by atoms with Gasteiger partial charge in [-0.05, 0) is 47.9 Å². The topological polar surface area (TPSA) is 93.7 Å². The normalized spacial score (nSPS) is 12.0. The number of amidine groups is 1. The molecule has 7 heteroatoms. The molecule has 1 atom stereocenters. The standard InChI is InChI=1S/C24H24ClN5O/c25-15-22(26)27-13-5-10-21(23-28-19-8-3-4-9-20(19)29-23)30-24(31)18-12-11-16-6-1-2-7-17(16)14-18/h1-4,6-9,11-12,14,21H,5,10,13,15H2,(H2,26,27)(H,28,29)(H,30,31)/t21-/m0/s1. The molecule has 158 valence electrons. The second-order valence-electron chi connectivity index (χ2n) is 7.41. The van der Waals surface area contributed by atoms with Crippen LogP contribution in [0.5, 0.6) is 0 Å². The second kappa shape index (κ2) is 9.62. The van der Waals surface area contributed by atoms with E-state index in [-0.39, 0.29) is 17.8 Å². The Kier molecular flexibility index (Phi) is 6.48. The molecule has 0 aliphatic rings. The molecule has 0 aliphatic heterocycles. The van der Waals surface area contributed by atoms with Gasteiger partial charge >= 0.3 is 0 Å². The molecule has 0 bridgehead atoms. The fourth-order valence-corrected chi connectivity index (χ4v) is 3.67. The lowest BCUT2D eigenvalue weighted by Gasteiger charge is -2.17. The van der Waals surface area contributed by atoms with Crippen LogP contribution in [0.2, 0.25) is 0 Å². The lowest BCUT2D eigenvalue weighted by atomic mass is 10.1. The Morgan fingerprint density at radius 1 is 1.06 bits per heavy atom. The van der Waals surface area contributed by atoms with E-state index in [2.05, 4.69) is 20.6 Å². The summed E-state index contributed by atoms with van der Waals surface area (Å²) in [6, 6.07) is 21.2. The van der Waals surface area contributed by atoms with Crippen LogP contribution >= 0.6 is 11.6 Å². The molecule has 3 aromatic carbocycles. The number of hydrogen-bond acceptors (Lipinski definition) is 3. The van der Waals surface area contributed by atoms with Crippen molar-refractivity contribution in [2.45, 2.75) is 18.9 Å². The van der Waals surface area contributed by atoms with Gasteiger partial charge in [-0.2, -0.15) is 0 Å². The lowest BCUT2D eigenvalue weighted by Crippen LogP contribution is -2.31. The molecule has 0 aliphatic carbocycles. The summed E-state index contributed by atoms with van der Waals surface area (Å²) in [6.45, 7) is 0.605. The number of H-pyrrole nitrogens is 1. The van der Waals surface area contributed by atoms with Crippen LogP contribution in [-0.4, -0.2) is 34.1 Å². The van der Waals surface area contributed by atoms with Crippen LogP contribution in [0.4, 0.5) is 0 Å². The molecule has 0 unspecified atom stereocenters. The highest BCUT2D eigenvalue weighted by Crippen LogP contribution is 2.21. The Hall–Kier alpha value is -3.38. The number of carbonyl (C=O) groups excluding carboxylic acids is 1. The summed E-state index contributed by atoms with van der Waals surface area (Å²) in [4.78, 5) is 21.1. The Labute approximate surface area is 185 Å². The molecular formula is C24H24ClN5O. The molecule has 1 amide bonds. The predicted molar refractivity (Wildman–Crippen MR) is 126 cm³/mol. The monoisotopic (exact) mass is 433 g/mol. The van der Waals surface area contributed by atoms with E-state index in [4.69, 9.17) is 17.0 Å². The maximum Gasteiger partial charge on any atom is 0.251 e. The van der Waals surface area contributed by atoms with Crippen molar-refractivity contribution in [2.75, 3.05) is 12.4 Å². The number of fused-ring (bicyclic) bond motifs is 2. The Bertz CT molecular complexity index is 1190. The number of aromatic nitrogens is 2. The number of benzene rings is 3. The first-order valence-electron chi connectivity index (χ1n) is 10.3. The predicted octanol–water partition coefficient (Wildman–Crippen LogP) is 4.77. The molecule has 0 spiro atoms. The average Bonchev–Trinajstić information content (AvgIpc) is 3.24. The number of rotatable bonds is 8. The third-order valence-corrected chi connectivity index (χ3v) is 5.46. The number of halogens is 1. The van der Waals surface area contributed by atoms with Gasteiger partial charge in [-0.25, -0.2) is 4.98 Å². The van der Waals surface area contributed by atoms with E-state index in [0.717, 1.165) is 34.1 Å². The maximum absolute atomic E-state index is 13.1. The van der Waals surface area contributed by atoms with Crippen molar-refractivity contribution in [3.63, 3.8) is 0 Å². The van der Waals surface area contributed by atoms with Crippen molar-refractivity contribution in [3.8, 4) is 0 Å². The third kappa shape index (κ3) is 5.03. The van der Waals surface area contributed by atoms with Gasteiger partial charge in [0, 0.05) is 12.1 Å². The molecule has 1 heterocycles. The van der Waals surface area contributed by atoms with E-state index in [1.807, 2.05) is 66.7 Å². The molecule has 1 aromatic heterocycles. The fourth-order valence-electron chi connectivity index (χ4n) is 3.58. The van der Waals surface area contributed by atoms with Gasteiger partial charge in [0.15, 0.2) is 0 Å². The van der Waals surface area contributed by atoms with E-state index in [0.29, 0.717) is 24.4 Å². The number of amides is 1. The molecule has 4 rings (SSSR count). The van der Waals surface area contributed by atoms with Gasteiger partial charge < -0.3 is 15.6 Å². The zero-order chi connectivity index (χ0) is 21.6. The van der Waals surface area contributed by atoms with E-state index >= 15 is 0 Å². The van der Waals surface area contributed by atoms with Gasteiger partial charge in [-0.1, -0.05) is 42.5 Å². The number of nitrogens with one attached hydrogen (secondary N) is 4. The first-order chi connectivity index (χ1) is 15.1. The minimum atomic E-state index is -0.279. The summed E-state index contributed by atoms with van der Waals surface area (Å²) < 4.78 is 0. The van der Waals surface area contributed by atoms with Crippen LogP contribution in [0.15, 0.2) is 66.7 Å². The van der Waals surface area contributed by atoms with E-state index in [9.17, 15) is 4.79 Å². The number of nitrogens with zero attached hydrogens (tertiary/aromatic N) is 1. The Morgan fingerprint density at radius 2 is 1.84 bits per heavy atom. The van der Waals surface area contributed by atoms with Crippen molar-refractivity contribution < 1.29 is 4.79 Å². The second-order valence-corrected chi connectivity index (χ2v) is 7.68. The number of aromatic amines is 1. The fraction of sp³-hybridized carbons (Fsp3) is 0.208. The molecule has 4 aromatic rings. The summed E-state index contributed by atoms with van der Waals surface area (Å²) in [5, 5.41) is 15.9. The number of alkyl halides is 1. The Morgan fingerprint density at radius 3 is 2.65 bits per heavy atom. The molecule has 4 N–H and O–H groups in total. The van der Waals surface area contributed by atoms with Gasteiger partial charge in [-0.3, -0.25) is 10.2 Å². The first-order valence-corrected chi connectivity index (χ1v) is 10.8. The Balaban J connectivity index is 1.53. The highest BCUT2D eigenvalue weighted by atomic mass is 35.5. The van der Waals surface area contributed by atoms with Crippen LogP contribution in [0.1, 0.15) is 35.1 Å². The van der Waals surface area contributed by atoms with Crippen LogP contribution in [0.3, 0.4) is 0 Å². The largest absolute Gasteiger partial charge is 0.373 e. The molecule has 31 heavy (non-hydrogen) atoms. The average molecular weight is 434 g/mol. The van der Waals surface area contributed by atoms with Gasteiger partial charge in [0.05, 0.1) is 23.0 Å². The highest BCUT2D eigenvalue weighted by Gasteiger charge is 2.19. The van der Waals surface area contributed by atoms with E-state index < -0.39 is 0 Å². The zero-order valence-corrected chi connectivity index (χ0v) is 17.7. The van der Waals surface area contributed by atoms with Gasteiger partial charge in [0.1, 0.15) is 11.7 Å². The third-order valence-electron chi connectivity index (χ3n) is 5.20. The number of imidazole rings is 1. The number of hydrogen-bond donors (Lipinski definition) is 4. The van der Waals surface area contributed by atoms with Crippen molar-refractivity contribution in [2.24, 2.45) is 0 Å². The van der Waals surface area contributed by atoms with Gasteiger partial charge in [-0.15, -0.1) is 11.6 Å². The summed E-state index contributed by atoms with van der Waals surface area (Å²) in [5.41, 5.74) is 2.41. The van der Waals surface area contributed by atoms with Gasteiger partial charge in [0.2, 0.25) is 0 Å². The lowest BCUT2D eigenvalue weighted by molar-refractivity contribution is 0.0932. The van der Waals surface area contributed by atoms with Crippen LogP contribution in [-0.2, 0) is 0 Å². The molecule has 0 fully saturated rings. The summed E-state index contributed by atoms with van der Waals surface area (Å²) in [7, 11) is 0. The quantitative estimate of drug-likeness (QED) is 0.139. The van der Waals surface area contributed by atoms with Crippen LogP contribution in [0.25, 0.3) is 21.8 Å².